The number of halogens is 7. The highest BCUT2D eigenvalue weighted by atomic mass is 19.4. The number of carbonyl (C=O) groups excluding carboxylic acids is 1. The number of aryl methyl sites for hydroxylation is 1. The van der Waals surface area contributed by atoms with Crippen molar-refractivity contribution in [2.75, 3.05) is 39.8 Å². The van der Waals surface area contributed by atoms with E-state index in [9.17, 15) is 35.5 Å². The van der Waals surface area contributed by atoms with Crippen molar-refractivity contribution in [1.82, 2.24) is 14.9 Å². The number of hydrogen-bond donors (Lipinski definition) is 1. The minimum atomic E-state index is -5.00. The van der Waals surface area contributed by atoms with Gasteiger partial charge in [-0.1, -0.05) is 6.07 Å². The van der Waals surface area contributed by atoms with Crippen LogP contribution in [0.25, 0.3) is 0 Å². The zero-order valence-corrected chi connectivity index (χ0v) is 20.2. The van der Waals surface area contributed by atoms with E-state index in [0.717, 1.165) is 4.90 Å². The molecule has 2 aromatic carbocycles. The molecule has 2 aromatic rings. The molecule has 0 saturated carbocycles. The van der Waals surface area contributed by atoms with Gasteiger partial charge in [0, 0.05) is 46.3 Å². The smallest absolute Gasteiger partial charge is 0.350 e. The fraction of sp³-hybridized carbons (Fsp3) is 0.458. The van der Waals surface area contributed by atoms with Crippen LogP contribution >= 0.6 is 0 Å². The summed E-state index contributed by atoms with van der Waals surface area (Å²) in [5.74, 6) is -0.432. The van der Waals surface area contributed by atoms with Crippen LogP contribution in [0.5, 0.6) is 0 Å². The molecule has 0 aliphatic carbocycles. The summed E-state index contributed by atoms with van der Waals surface area (Å²) in [6, 6.07) is 4.86. The first kappa shape index (κ1) is 28.7. The number of piperazine rings is 1. The lowest BCUT2D eigenvalue weighted by atomic mass is 9.99. The fourth-order valence-electron chi connectivity index (χ4n) is 4.20. The van der Waals surface area contributed by atoms with Crippen LogP contribution in [-0.4, -0.2) is 60.7 Å². The van der Waals surface area contributed by atoms with Gasteiger partial charge in [-0.05, 0) is 53.9 Å². The fourth-order valence-corrected chi connectivity index (χ4v) is 4.20. The zero-order valence-electron chi connectivity index (χ0n) is 20.2. The number of carbonyl (C=O) groups is 1. The average Bonchev–Trinajstić information content (AvgIpc) is 2.79. The van der Waals surface area contributed by atoms with E-state index in [2.05, 4.69) is 0 Å². The zero-order chi connectivity index (χ0) is 27.5. The summed E-state index contributed by atoms with van der Waals surface area (Å²) in [4.78, 5) is 21.3. The van der Waals surface area contributed by atoms with Crippen LogP contribution in [-0.2, 0) is 23.7 Å². The van der Waals surface area contributed by atoms with Gasteiger partial charge in [-0.3, -0.25) is 4.90 Å². The predicted octanol–water partition coefficient (Wildman–Crippen LogP) is 4.97. The first-order valence-electron chi connectivity index (χ1n) is 11.4. The number of hydroxylamine groups is 2. The Labute approximate surface area is 209 Å². The number of amides is 1. The topological polar surface area (TPSA) is 62.0 Å². The largest absolute Gasteiger partial charge is 0.428 e. The van der Waals surface area contributed by atoms with Gasteiger partial charge < -0.3 is 15.5 Å². The monoisotopic (exact) mass is 536 g/mol. The Morgan fingerprint density at radius 3 is 2.22 bits per heavy atom. The molecule has 0 unspecified atom stereocenters. The summed E-state index contributed by atoms with van der Waals surface area (Å²) in [6.07, 6.45) is -11.0. The van der Waals surface area contributed by atoms with Crippen LogP contribution in [0.3, 0.4) is 0 Å². The van der Waals surface area contributed by atoms with Gasteiger partial charge in [0.1, 0.15) is 5.82 Å². The van der Waals surface area contributed by atoms with Crippen LogP contribution in [0.1, 0.15) is 33.9 Å². The van der Waals surface area contributed by atoms with Crippen molar-refractivity contribution in [3.8, 4) is 0 Å². The van der Waals surface area contributed by atoms with Crippen molar-refractivity contribution in [3.63, 3.8) is 0 Å². The summed E-state index contributed by atoms with van der Waals surface area (Å²) in [5.41, 5.74) is 3.68. The average molecular weight is 536 g/mol. The highest BCUT2D eigenvalue weighted by Crippen LogP contribution is 2.36. The Hall–Kier alpha value is -2.90. The summed E-state index contributed by atoms with van der Waals surface area (Å²) in [6.45, 7) is 3.28. The third-order valence-electron chi connectivity index (χ3n) is 6.03. The molecule has 1 amide bonds. The van der Waals surface area contributed by atoms with E-state index in [1.165, 1.54) is 24.2 Å². The predicted molar refractivity (Wildman–Crippen MR) is 120 cm³/mol. The molecule has 1 aliphatic heterocycles. The van der Waals surface area contributed by atoms with E-state index in [1.807, 2.05) is 4.90 Å². The van der Waals surface area contributed by atoms with Crippen LogP contribution in [0, 0.1) is 12.7 Å². The second-order valence-electron chi connectivity index (χ2n) is 8.87. The number of rotatable bonds is 6. The van der Waals surface area contributed by atoms with E-state index in [1.54, 1.807) is 13.0 Å². The van der Waals surface area contributed by atoms with Crippen LogP contribution < -0.4 is 5.73 Å². The molecule has 1 fully saturated rings. The minimum Gasteiger partial charge on any atom is -0.350 e. The maximum atomic E-state index is 13.7. The van der Waals surface area contributed by atoms with Crippen molar-refractivity contribution in [1.29, 1.82) is 0 Å². The van der Waals surface area contributed by atoms with Gasteiger partial charge in [0.25, 0.3) is 0 Å². The molecule has 3 rings (SSSR count). The molecular weight excluding hydrogens is 509 g/mol. The molecule has 2 N–H and O–H groups in total. The van der Waals surface area contributed by atoms with Gasteiger partial charge in [-0.25, -0.2) is 9.18 Å². The van der Waals surface area contributed by atoms with Crippen molar-refractivity contribution in [3.05, 3.63) is 70.0 Å². The van der Waals surface area contributed by atoms with Gasteiger partial charge in [0.2, 0.25) is 0 Å². The highest BCUT2D eigenvalue weighted by Gasteiger charge is 2.37. The molecule has 1 aliphatic rings. The maximum absolute atomic E-state index is 13.7. The Kier molecular flexibility index (Phi) is 8.70. The second kappa shape index (κ2) is 11.2. The molecule has 0 spiro atoms. The first-order chi connectivity index (χ1) is 17.2. The van der Waals surface area contributed by atoms with E-state index >= 15 is 0 Å². The van der Waals surface area contributed by atoms with Gasteiger partial charge in [-0.2, -0.15) is 26.3 Å². The first-order valence-corrected chi connectivity index (χ1v) is 11.4. The number of benzene rings is 2. The standard InChI is InChI=1S/C24H27F7N4O2/c1-15-9-19(25)3-4-20(15)21-14-34(6-5-32)7-8-35(21)37-22(36)33(2)13-16-10-17(23(26,27)28)12-18(11-16)24(29,30)31/h3-4,9-12,21H,5-8,13-14,32H2,1-2H3/t21-/m1/s1. The van der Waals surface area contributed by atoms with Gasteiger partial charge >= 0.3 is 18.4 Å². The van der Waals surface area contributed by atoms with Crippen molar-refractivity contribution in [2.24, 2.45) is 5.73 Å². The summed E-state index contributed by atoms with van der Waals surface area (Å²) in [5, 5.41) is 1.39. The number of nitrogens with zero attached hydrogens (tertiary/aromatic N) is 3. The Morgan fingerprint density at radius 2 is 1.68 bits per heavy atom. The molecule has 1 heterocycles. The molecule has 0 aromatic heterocycles. The van der Waals surface area contributed by atoms with E-state index in [4.69, 9.17) is 10.6 Å². The van der Waals surface area contributed by atoms with Gasteiger partial charge in [0.05, 0.1) is 17.2 Å². The van der Waals surface area contributed by atoms with Crippen LogP contribution in [0.4, 0.5) is 35.5 Å². The van der Waals surface area contributed by atoms with Gasteiger partial charge in [0.15, 0.2) is 0 Å². The van der Waals surface area contributed by atoms with Crippen molar-refractivity contribution in [2.45, 2.75) is 31.9 Å². The normalized spacial score (nSPS) is 17.6. The quantitative estimate of drug-likeness (QED) is 0.529. The lowest BCUT2D eigenvalue weighted by Crippen LogP contribution is -2.51. The molecule has 0 bridgehead atoms. The Bertz CT molecular complexity index is 1080. The molecule has 204 valence electrons. The van der Waals surface area contributed by atoms with Crippen molar-refractivity contribution >= 4 is 6.09 Å². The number of nitrogens with two attached hydrogens (primary N) is 1. The van der Waals surface area contributed by atoms with E-state index in [-0.39, 0.29) is 18.2 Å². The number of alkyl halides is 6. The van der Waals surface area contributed by atoms with Crippen molar-refractivity contribution < 1.29 is 40.4 Å². The molecular formula is C24H27F7N4O2. The maximum Gasteiger partial charge on any atom is 0.428 e. The Balaban J connectivity index is 1.80. The van der Waals surface area contributed by atoms with Crippen LogP contribution in [0.2, 0.25) is 0 Å². The molecule has 0 radical (unpaired) electrons. The minimum absolute atomic E-state index is 0.0261. The third-order valence-corrected chi connectivity index (χ3v) is 6.03. The molecule has 13 heteroatoms. The van der Waals surface area contributed by atoms with Gasteiger partial charge in [-0.15, -0.1) is 5.06 Å². The summed E-state index contributed by atoms with van der Waals surface area (Å²) < 4.78 is 92.7. The molecule has 1 saturated heterocycles. The summed E-state index contributed by atoms with van der Waals surface area (Å²) in [7, 11) is 1.21. The molecule has 37 heavy (non-hydrogen) atoms. The highest BCUT2D eigenvalue weighted by molar-refractivity contribution is 5.67. The third kappa shape index (κ3) is 7.33. The second-order valence-corrected chi connectivity index (χ2v) is 8.87. The lowest BCUT2D eigenvalue weighted by molar-refractivity contribution is -0.167. The molecule has 1 atom stereocenters. The van der Waals surface area contributed by atoms with E-state index < -0.39 is 48.0 Å². The number of hydrogen-bond acceptors (Lipinski definition) is 5. The lowest BCUT2D eigenvalue weighted by Gasteiger charge is -2.40. The molecule has 6 nitrogen and oxygen atoms in total. The SMILES string of the molecule is Cc1cc(F)ccc1[C@H]1CN(CCN)CCN1OC(=O)N(C)Cc1cc(C(F)(F)F)cc(C(F)(F)F)c1. The van der Waals surface area contributed by atoms with E-state index in [0.29, 0.717) is 49.4 Å². The Morgan fingerprint density at radius 1 is 1.05 bits per heavy atom. The van der Waals surface area contributed by atoms with Crippen LogP contribution in [0.15, 0.2) is 36.4 Å². The summed E-state index contributed by atoms with van der Waals surface area (Å²) >= 11 is 0.